The summed E-state index contributed by atoms with van der Waals surface area (Å²) < 4.78 is 7.30. The highest BCUT2D eigenvalue weighted by Crippen LogP contribution is 2.30. The molecule has 1 heterocycles. The van der Waals surface area contributed by atoms with Crippen molar-refractivity contribution < 1.29 is 9.53 Å². The molecule has 0 N–H and O–H groups in total. The average molecular weight is 336 g/mol. The summed E-state index contributed by atoms with van der Waals surface area (Å²) in [4.78, 5) is 24.4. The quantitative estimate of drug-likeness (QED) is 0.810. The molecule has 0 aliphatic heterocycles. The van der Waals surface area contributed by atoms with Gasteiger partial charge in [0.25, 0.3) is 5.56 Å². The molecule has 20 heavy (non-hydrogen) atoms. The summed E-state index contributed by atoms with van der Waals surface area (Å²) >= 11 is 3.37. The van der Waals surface area contributed by atoms with Crippen LogP contribution < -0.4 is 5.56 Å². The maximum Gasteiger partial charge on any atom is 0.339 e. The lowest BCUT2D eigenvalue weighted by atomic mass is 10.1. The van der Waals surface area contributed by atoms with Crippen LogP contribution in [0.25, 0.3) is 10.8 Å². The van der Waals surface area contributed by atoms with Gasteiger partial charge < -0.3 is 9.30 Å². The van der Waals surface area contributed by atoms with Crippen molar-refractivity contribution in [3.05, 3.63) is 44.8 Å². The topological polar surface area (TPSA) is 48.3 Å². The van der Waals surface area contributed by atoms with Crippen LogP contribution in [0.5, 0.6) is 0 Å². The number of halogens is 1. The average Bonchev–Trinajstić information content (AvgIpc) is 3.25. The van der Waals surface area contributed by atoms with E-state index in [1.807, 2.05) is 6.07 Å². The first-order chi connectivity index (χ1) is 9.60. The number of fused-ring (bicyclic) bond motifs is 1. The van der Waals surface area contributed by atoms with E-state index < -0.39 is 5.97 Å². The molecule has 2 aromatic rings. The van der Waals surface area contributed by atoms with E-state index in [4.69, 9.17) is 4.74 Å². The van der Waals surface area contributed by atoms with Crippen molar-refractivity contribution in [1.29, 1.82) is 0 Å². The Hall–Kier alpha value is -1.62. The van der Waals surface area contributed by atoms with Crippen LogP contribution in [0.15, 0.2) is 33.7 Å². The van der Waals surface area contributed by atoms with E-state index in [1.165, 1.54) is 7.11 Å². The number of carbonyl (C=O) groups excluding carboxylic acids is 1. The molecule has 104 valence electrons. The molecule has 1 saturated carbocycles. The Morgan fingerprint density at radius 2 is 2.15 bits per heavy atom. The van der Waals surface area contributed by atoms with Gasteiger partial charge in [-0.05, 0) is 37.0 Å². The van der Waals surface area contributed by atoms with Crippen LogP contribution >= 0.6 is 15.9 Å². The first kappa shape index (κ1) is 13.4. The van der Waals surface area contributed by atoms with Crippen molar-refractivity contribution in [3.8, 4) is 0 Å². The van der Waals surface area contributed by atoms with Gasteiger partial charge >= 0.3 is 5.97 Å². The molecule has 0 atom stereocenters. The van der Waals surface area contributed by atoms with Crippen molar-refractivity contribution >= 4 is 32.7 Å². The molecule has 4 nitrogen and oxygen atoms in total. The molecule has 0 bridgehead atoms. The molecule has 0 unspecified atom stereocenters. The van der Waals surface area contributed by atoms with E-state index >= 15 is 0 Å². The Morgan fingerprint density at radius 3 is 2.80 bits per heavy atom. The van der Waals surface area contributed by atoms with Crippen LogP contribution in [0, 0.1) is 5.92 Å². The zero-order valence-corrected chi connectivity index (χ0v) is 12.6. The lowest BCUT2D eigenvalue weighted by Gasteiger charge is -2.11. The van der Waals surface area contributed by atoms with Gasteiger partial charge in [0.1, 0.15) is 0 Å². The zero-order valence-electron chi connectivity index (χ0n) is 11.1. The Bertz CT molecular complexity index is 747. The Balaban J connectivity index is 2.26. The highest BCUT2D eigenvalue weighted by atomic mass is 79.9. The van der Waals surface area contributed by atoms with Gasteiger partial charge in [0.05, 0.1) is 12.7 Å². The molecule has 1 aliphatic rings. The molecule has 5 heteroatoms. The predicted octanol–water partition coefficient (Wildman–Crippen LogP) is 2.96. The largest absolute Gasteiger partial charge is 0.465 e. The third-order valence-electron chi connectivity index (χ3n) is 3.61. The van der Waals surface area contributed by atoms with Crippen molar-refractivity contribution in [1.82, 2.24) is 4.57 Å². The van der Waals surface area contributed by atoms with Crippen molar-refractivity contribution in [2.75, 3.05) is 7.11 Å². The lowest BCUT2D eigenvalue weighted by molar-refractivity contribution is 0.0602. The number of hydrogen-bond acceptors (Lipinski definition) is 3. The number of rotatable bonds is 3. The molecule has 1 aliphatic carbocycles. The maximum atomic E-state index is 12.5. The fraction of sp³-hybridized carbons (Fsp3) is 0.333. The summed E-state index contributed by atoms with van der Waals surface area (Å²) in [6.45, 7) is 0.675. The Labute approximate surface area is 124 Å². The van der Waals surface area contributed by atoms with Gasteiger partial charge in [-0.2, -0.15) is 0 Å². The number of ether oxygens (including phenoxy) is 1. The van der Waals surface area contributed by atoms with Crippen LogP contribution in [0.2, 0.25) is 0 Å². The standard InChI is InChI=1S/C15H14BrNO3/c1-20-15(19)13-8-17(7-9-2-3-9)14(18)11-5-4-10(16)6-12(11)13/h4-6,8-9H,2-3,7H2,1H3. The van der Waals surface area contributed by atoms with E-state index in [9.17, 15) is 9.59 Å². The van der Waals surface area contributed by atoms with Gasteiger partial charge in [-0.25, -0.2) is 4.79 Å². The summed E-state index contributed by atoms with van der Waals surface area (Å²) in [5.41, 5.74) is 0.385. The molecular formula is C15H14BrNO3. The van der Waals surface area contributed by atoms with Crippen LogP contribution in [0.3, 0.4) is 0 Å². The summed E-state index contributed by atoms with van der Waals surface area (Å²) in [5, 5.41) is 1.18. The minimum absolute atomic E-state index is 0.0490. The minimum atomic E-state index is -0.419. The van der Waals surface area contributed by atoms with E-state index in [1.54, 1.807) is 22.9 Å². The Kier molecular flexibility index (Phi) is 3.38. The summed E-state index contributed by atoms with van der Waals surface area (Å²) in [7, 11) is 1.35. The highest BCUT2D eigenvalue weighted by Gasteiger charge is 2.24. The lowest BCUT2D eigenvalue weighted by Crippen LogP contribution is -2.23. The number of nitrogens with zero attached hydrogens (tertiary/aromatic N) is 1. The molecule has 0 amide bonds. The molecule has 3 rings (SSSR count). The fourth-order valence-electron chi connectivity index (χ4n) is 2.35. The predicted molar refractivity (Wildman–Crippen MR) is 80.0 cm³/mol. The first-order valence-corrected chi connectivity index (χ1v) is 7.30. The normalized spacial score (nSPS) is 14.5. The van der Waals surface area contributed by atoms with E-state index in [2.05, 4.69) is 15.9 Å². The maximum absolute atomic E-state index is 12.5. The third-order valence-corrected chi connectivity index (χ3v) is 4.10. The summed E-state index contributed by atoms with van der Waals surface area (Å²) in [6, 6.07) is 5.34. The van der Waals surface area contributed by atoms with Crippen molar-refractivity contribution in [3.63, 3.8) is 0 Å². The number of pyridine rings is 1. The van der Waals surface area contributed by atoms with Crippen molar-refractivity contribution in [2.24, 2.45) is 5.92 Å². The van der Waals surface area contributed by atoms with Gasteiger partial charge in [-0.15, -0.1) is 0 Å². The van der Waals surface area contributed by atoms with Gasteiger partial charge in [0.15, 0.2) is 0 Å². The molecule has 1 fully saturated rings. The first-order valence-electron chi connectivity index (χ1n) is 6.51. The second kappa shape index (κ2) is 5.05. The SMILES string of the molecule is COC(=O)c1cn(CC2CC2)c(=O)c2ccc(Br)cc12. The van der Waals surface area contributed by atoms with Crippen LogP contribution in [-0.2, 0) is 11.3 Å². The van der Waals surface area contributed by atoms with E-state index in [-0.39, 0.29) is 5.56 Å². The highest BCUT2D eigenvalue weighted by molar-refractivity contribution is 9.10. The second-order valence-corrected chi connectivity index (χ2v) is 6.04. The number of carbonyl (C=O) groups is 1. The third kappa shape index (κ3) is 2.38. The van der Waals surface area contributed by atoms with Gasteiger partial charge in [0, 0.05) is 28.0 Å². The van der Waals surface area contributed by atoms with Crippen LogP contribution in [0.1, 0.15) is 23.2 Å². The molecule has 0 radical (unpaired) electrons. The minimum Gasteiger partial charge on any atom is -0.465 e. The molecule has 0 saturated heterocycles. The van der Waals surface area contributed by atoms with E-state index in [0.29, 0.717) is 28.8 Å². The fourth-order valence-corrected chi connectivity index (χ4v) is 2.71. The number of aromatic nitrogens is 1. The van der Waals surface area contributed by atoms with Gasteiger partial charge in [-0.3, -0.25) is 4.79 Å². The molecule has 0 spiro atoms. The van der Waals surface area contributed by atoms with Gasteiger partial charge in [0.2, 0.25) is 0 Å². The van der Waals surface area contributed by atoms with Crippen LogP contribution in [0.4, 0.5) is 0 Å². The second-order valence-electron chi connectivity index (χ2n) is 5.13. The molecular weight excluding hydrogens is 322 g/mol. The number of esters is 1. The van der Waals surface area contributed by atoms with Gasteiger partial charge in [-0.1, -0.05) is 15.9 Å². The molecule has 1 aromatic heterocycles. The Morgan fingerprint density at radius 1 is 1.40 bits per heavy atom. The van der Waals surface area contributed by atoms with Crippen LogP contribution in [-0.4, -0.2) is 17.6 Å². The molecule has 1 aromatic carbocycles. The van der Waals surface area contributed by atoms with Crippen molar-refractivity contribution in [2.45, 2.75) is 19.4 Å². The van der Waals surface area contributed by atoms with E-state index in [0.717, 1.165) is 17.3 Å². The monoisotopic (exact) mass is 335 g/mol. The zero-order chi connectivity index (χ0) is 14.3. The summed E-state index contributed by atoms with van der Waals surface area (Å²) in [6.07, 6.45) is 3.93. The summed E-state index contributed by atoms with van der Waals surface area (Å²) in [5.74, 6) is 0.142. The number of methoxy groups -OCH3 is 1. The number of benzene rings is 1. The smallest absolute Gasteiger partial charge is 0.339 e. The number of hydrogen-bond donors (Lipinski definition) is 0.